The van der Waals surface area contributed by atoms with E-state index >= 15 is 0 Å². The van der Waals surface area contributed by atoms with Crippen LogP contribution in [0.15, 0.2) is 0 Å². The number of carbonyl (C=O) groups is 1. The van der Waals surface area contributed by atoms with Crippen molar-refractivity contribution in [3.63, 3.8) is 0 Å². The predicted molar refractivity (Wildman–Crippen MR) is 42.2 cm³/mol. The number of hydrogen-bond acceptors (Lipinski definition) is 2. The minimum absolute atomic E-state index is 0.557. The molecule has 0 saturated heterocycles. The third kappa shape index (κ3) is 1.93. The first kappa shape index (κ1) is 8.53. The van der Waals surface area contributed by atoms with Crippen LogP contribution in [0.3, 0.4) is 0 Å². The molecule has 1 saturated carbocycles. The average molecular weight is 157 g/mol. The molecule has 1 fully saturated rings. The Morgan fingerprint density at radius 1 is 1.73 bits per heavy atom. The Balaban J connectivity index is 2.38. The molecule has 11 heavy (non-hydrogen) atoms. The van der Waals surface area contributed by atoms with Crippen LogP contribution < -0.4 is 5.73 Å². The molecule has 0 aliphatic heterocycles. The number of aliphatic carboxylic acids is 1. The number of hydrogen-bond donors (Lipinski definition) is 2. The Labute approximate surface area is 66.6 Å². The van der Waals surface area contributed by atoms with Crippen LogP contribution in [0.4, 0.5) is 0 Å². The third-order valence-electron chi connectivity index (χ3n) is 2.43. The molecule has 0 radical (unpaired) electrons. The van der Waals surface area contributed by atoms with Crippen LogP contribution in [0.2, 0.25) is 0 Å². The normalized spacial score (nSPS) is 23.8. The van der Waals surface area contributed by atoms with Crippen molar-refractivity contribution in [3.8, 4) is 0 Å². The van der Waals surface area contributed by atoms with E-state index in [1.165, 1.54) is 6.42 Å². The summed E-state index contributed by atoms with van der Waals surface area (Å²) >= 11 is 0. The van der Waals surface area contributed by atoms with E-state index in [1.54, 1.807) is 6.92 Å². The second-order valence-electron chi connectivity index (χ2n) is 3.72. The molecule has 0 aromatic carbocycles. The SMILES string of the molecule is C[C@](N)(CC1CCC1)C(=O)O. The molecule has 0 amide bonds. The number of carboxylic acids is 1. The fourth-order valence-electron chi connectivity index (χ4n) is 1.38. The molecule has 0 unspecified atom stereocenters. The fraction of sp³-hybridized carbons (Fsp3) is 0.875. The van der Waals surface area contributed by atoms with Gasteiger partial charge in [0.2, 0.25) is 0 Å². The van der Waals surface area contributed by atoms with Gasteiger partial charge in [0.15, 0.2) is 0 Å². The van der Waals surface area contributed by atoms with Crippen LogP contribution in [0, 0.1) is 5.92 Å². The number of nitrogens with two attached hydrogens (primary N) is 1. The average Bonchev–Trinajstić information content (AvgIpc) is 1.79. The van der Waals surface area contributed by atoms with Crippen molar-refractivity contribution in [1.29, 1.82) is 0 Å². The monoisotopic (exact) mass is 157 g/mol. The summed E-state index contributed by atoms with van der Waals surface area (Å²) in [5.41, 5.74) is 4.56. The summed E-state index contributed by atoms with van der Waals surface area (Å²) in [6, 6.07) is 0. The maximum absolute atomic E-state index is 10.6. The number of carboxylic acid groups (broad SMARTS) is 1. The lowest BCUT2D eigenvalue weighted by molar-refractivity contribution is -0.143. The zero-order chi connectivity index (χ0) is 8.48. The van der Waals surface area contributed by atoms with E-state index in [0.717, 1.165) is 12.8 Å². The van der Waals surface area contributed by atoms with E-state index in [0.29, 0.717) is 12.3 Å². The second-order valence-corrected chi connectivity index (χ2v) is 3.72. The molecule has 1 rings (SSSR count). The van der Waals surface area contributed by atoms with E-state index in [-0.39, 0.29) is 0 Å². The van der Waals surface area contributed by atoms with Gasteiger partial charge in [0, 0.05) is 0 Å². The van der Waals surface area contributed by atoms with Crippen molar-refractivity contribution in [1.82, 2.24) is 0 Å². The predicted octanol–water partition coefficient (Wildman–Crippen LogP) is 0.979. The van der Waals surface area contributed by atoms with Gasteiger partial charge >= 0.3 is 5.97 Å². The molecule has 1 aliphatic rings. The third-order valence-corrected chi connectivity index (χ3v) is 2.43. The van der Waals surface area contributed by atoms with Crippen LogP contribution in [0.5, 0.6) is 0 Å². The minimum Gasteiger partial charge on any atom is -0.480 e. The van der Waals surface area contributed by atoms with Crippen LogP contribution in [0.25, 0.3) is 0 Å². The standard InChI is InChI=1S/C8H15NO2/c1-8(9,7(10)11)5-6-3-2-4-6/h6H,2-5,9H2,1H3,(H,10,11)/t8-/m0/s1. The second kappa shape index (κ2) is 2.81. The van der Waals surface area contributed by atoms with Crippen LogP contribution in [0.1, 0.15) is 32.6 Å². The highest BCUT2D eigenvalue weighted by Gasteiger charge is 2.33. The molecule has 0 aromatic rings. The molecule has 1 aliphatic carbocycles. The first-order chi connectivity index (χ1) is 5.02. The topological polar surface area (TPSA) is 63.3 Å². The first-order valence-corrected chi connectivity index (χ1v) is 4.04. The minimum atomic E-state index is -1.01. The molecular formula is C8H15NO2. The Kier molecular flexibility index (Phi) is 2.18. The van der Waals surface area contributed by atoms with Gasteiger partial charge in [-0.25, -0.2) is 0 Å². The molecule has 0 aromatic heterocycles. The lowest BCUT2D eigenvalue weighted by Gasteiger charge is -2.31. The fourth-order valence-corrected chi connectivity index (χ4v) is 1.38. The molecule has 3 heteroatoms. The molecule has 1 atom stereocenters. The lowest BCUT2D eigenvalue weighted by Crippen LogP contribution is -2.47. The van der Waals surface area contributed by atoms with Gasteiger partial charge in [0.05, 0.1) is 0 Å². The van der Waals surface area contributed by atoms with Crippen LogP contribution in [-0.2, 0) is 4.79 Å². The number of rotatable bonds is 3. The van der Waals surface area contributed by atoms with Gasteiger partial charge in [-0.2, -0.15) is 0 Å². The maximum atomic E-state index is 10.6. The highest BCUT2D eigenvalue weighted by Crippen LogP contribution is 2.32. The van der Waals surface area contributed by atoms with Gasteiger partial charge in [-0.15, -0.1) is 0 Å². The zero-order valence-corrected chi connectivity index (χ0v) is 6.84. The summed E-state index contributed by atoms with van der Waals surface area (Å²) in [4.78, 5) is 10.6. The van der Waals surface area contributed by atoms with E-state index in [9.17, 15) is 4.79 Å². The Bertz CT molecular complexity index is 161. The Hall–Kier alpha value is -0.570. The van der Waals surface area contributed by atoms with Gasteiger partial charge in [-0.3, -0.25) is 4.79 Å². The summed E-state index contributed by atoms with van der Waals surface area (Å²) in [5.74, 6) is -0.328. The van der Waals surface area contributed by atoms with Gasteiger partial charge in [0.1, 0.15) is 5.54 Å². The Morgan fingerprint density at radius 3 is 2.55 bits per heavy atom. The van der Waals surface area contributed by atoms with Gasteiger partial charge in [-0.1, -0.05) is 19.3 Å². The molecule has 3 nitrogen and oxygen atoms in total. The summed E-state index contributed by atoms with van der Waals surface area (Å²) < 4.78 is 0. The van der Waals surface area contributed by atoms with Gasteiger partial charge in [-0.05, 0) is 19.3 Å². The molecule has 0 heterocycles. The van der Waals surface area contributed by atoms with Crippen molar-refractivity contribution < 1.29 is 9.90 Å². The zero-order valence-electron chi connectivity index (χ0n) is 6.84. The van der Waals surface area contributed by atoms with Gasteiger partial charge in [0.25, 0.3) is 0 Å². The molecule has 0 spiro atoms. The largest absolute Gasteiger partial charge is 0.480 e. The van der Waals surface area contributed by atoms with Crippen molar-refractivity contribution in [2.75, 3.05) is 0 Å². The summed E-state index contributed by atoms with van der Waals surface area (Å²) in [6.45, 7) is 1.59. The highest BCUT2D eigenvalue weighted by molar-refractivity contribution is 5.77. The summed E-state index contributed by atoms with van der Waals surface area (Å²) in [6.07, 6.45) is 4.17. The van der Waals surface area contributed by atoms with Crippen molar-refractivity contribution in [2.24, 2.45) is 11.7 Å². The molecule has 3 N–H and O–H groups in total. The Morgan fingerprint density at radius 2 is 2.27 bits per heavy atom. The van der Waals surface area contributed by atoms with Crippen molar-refractivity contribution in [3.05, 3.63) is 0 Å². The smallest absolute Gasteiger partial charge is 0.323 e. The van der Waals surface area contributed by atoms with Crippen LogP contribution in [-0.4, -0.2) is 16.6 Å². The maximum Gasteiger partial charge on any atom is 0.323 e. The van der Waals surface area contributed by atoms with E-state index in [4.69, 9.17) is 10.8 Å². The van der Waals surface area contributed by atoms with Crippen molar-refractivity contribution in [2.45, 2.75) is 38.1 Å². The van der Waals surface area contributed by atoms with Gasteiger partial charge < -0.3 is 10.8 Å². The summed E-state index contributed by atoms with van der Waals surface area (Å²) in [7, 11) is 0. The van der Waals surface area contributed by atoms with E-state index < -0.39 is 11.5 Å². The first-order valence-electron chi connectivity index (χ1n) is 4.04. The summed E-state index contributed by atoms with van der Waals surface area (Å²) in [5, 5.41) is 8.68. The molecule has 64 valence electrons. The lowest BCUT2D eigenvalue weighted by atomic mass is 9.77. The quantitative estimate of drug-likeness (QED) is 0.641. The van der Waals surface area contributed by atoms with E-state index in [2.05, 4.69) is 0 Å². The van der Waals surface area contributed by atoms with Crippen LogP contribution >= 0.6 is 0 Å². The van der Waals surface area contributed by atoms with Crippen molar-refractivity contribution >= 4 is 5.97 Å². The molecule has 0 bridgehead atoms. The highest BCUT2D eigenvalue weighted by atomic mass is 16.4. The van der Waals surface area contributed by atoms with E-state index in [1.807, 2.05) is 0 Å². The molecular weight excluding hydrogens is 142 g/mol.